The summed E-state index contributed by atoms with van der Waals surface area (Å²) in [6.07, 6.45) is 6.31. The molecule has 6 heteroatoms. The Labute approximate surface area is 111 Å². The summed E-state index contributed by atoms with van der Waals surface area (Å²) < 4.78 is 33.3. The van der Waals surface area contributed by atoms with Crippen molar-refractivity contribution in [1.82, 2.24) is 0 Å². The fourth-order valence-electron chi connectivity index (χ4n) is 1.51. The quantitative estimate of drug-likeness (QED) is 0.433. The van der Waals surface area contributed by atoms with Crippen molar-refractivity contribution in [2.75, 3.05) is 6.61 Å². The first kappa shape index (κ1) is 17.0. The molecule has 0 fully saturated rings. The lowest BCUT2D eigenvalue weighted by Crippen LogP contribution is -2.39. The average Bonchev–Trinajstić information content (AvgIpc) is 2.27. The van der Waals surface area contributed by atoms with Crippen LogP contribution in [0.25, 0.3) is 0 Å². The molecular weight excluding hydrogens is 268 g/mol. The van der Waals surface area contributed by atoms with Crippen molar-refractivity contribution in [2.24, 2.45) is 0 Å². The van der Waals surface area contributed by atoms with Gasteiger partial charge < -0.3 is 0 Å². The first-order valence-corrected chi connectivity index (χ1v) is 9.35. The van der Waals surface area contributed by atoms with Crippen molar-refractivity contribution in [3.05, 3.63) is 50.6 Å². The van der Waals surface area contributed by atoms with Gasteiger partial charge in [0.25, 0.3) is 0 Å². The lowest BCUT2D eigenvalue weighted by atomic mass is 10.7. The molecule has 0 saturated heterocycles. The lowest BCUT2D eigenvalue weighted by Gasteiger charge is -2.26. The summed E-state index contributed by atoms with van der Waals surface area (Å²) in [7, 11) is -6.60. The normalized spacial score (nSPS) is 11.8. The van der Waals surface area contributed by atoms with Crippen LogP contribution in [-0.4, -0.2) is 23.3 Å². The van der Waals surface area contributed by atoms with E-state index in [-0.39, 0.29) is 6.61 Å². The van der Waals surface area contributed by atoms with E-state index in [1.54, 1.807) is 18.2 Å². The molecular formula is C12H20O4SSi. The predicted molar refractivity (Wildman–Crippen MR) is 76.9 cm³/mol. The van der Waals surface area contributed by atoms with Crippen LogP contribution in [0.2, 0.25) is 18.1 Å². The smallest absolute Gasteiger partial charge is 0.292 e. The van der Waals surface area contributed by atoms with Crippen LogP contribution < -0.4 is 0 Å². The molecule has 0 aromatic heterocycles. The summed E-state index contributed by atoms with van der Waals surface area (Å²) in [6, 6.07) is 1.46. The largest absolute Gasteiger partial charge is 0.390 e. The van der Waals surface area contributed by atoms with E-state index in [2.05, 4.69) is 30.5 Å². The first-order valence-electron chi connectivity index (χ1n) is 5.49. The van der Waals surface area contributed by atoms with E-state index >= 15 is 0 Å². The van der Waals surface area contributed by atoms with Gasteiger partial charge in [-0.05, 0) is 18.1 Å². The van der Waals surface area contributed by atoms with Gasteiger partial charge in [0.05, 0.1) is 6.61 Å². The maximum Gasteiger partial charge on any atom is 0.390 e. The van der Waals surface area contributed by atoms with Gasteiger partial charge in [-0.25, -0.2) is 4.18 Å². The van der Waals surface area contributed by atoms with Crippen LogP contribution in [0, 0.1) is 0 Å². The van der Waals surface area contributed by atoms with E-state index in [1.807, 2.05) is 0 Å². The second-order valence-corrected chi connectivity index (χ2v) is 9.04. The van der Waals surface area contributed by atoms with Crippen molar-refractivity contribution in [1.29, 1.82) is 0 Å². The van der Waals surface area contributed by atoms with E-state index in [1.165, 1.54) is 6.08 Å². The second kappa shape index (κ2) is 8.20. The van der Waals surface area contributed by atoms with Crippen LogP contribution in [0.15, 0.2) is 50.6 Å². The molecule has 0 bridgehead atoms. The molecule has 4 nitrogen and oxygen atoms in total. The zero-order valence-corrected chi connectivity index (χ0v) is 12.3. The Hall–Kier alpha value is -0.953. The van der Waals surface area contributed by atoms with Crippen molar-refractivity contribution in [3.63, 3.8) is 0 Å². The van der Waals surface area contributed by atoms with Gasteiger partial charge in [0.1, 0.15) is 0 Å². The van der Waals surface area contributed by atoms with E-state index in [0.717, 1.165) is 0 Å². The van der Waals surface area contributed by atoms with Gasteiger partial charge in [0.15, 0.2) is 0 Å². The molecule has 0 radical (unpaired) electrons. The minimum Gasteiger partial charge on any atom is -0.292 e. The third-order valence-corrected chi connectivity index (χ3v) is 7.91. The van der Waals surface area contributed by atoms with Gasteiger partial charge in [0, 0.05) is 0 Å². The molecule has 0 aromatic rings. The minimum atomic E-state index is -4.02. The highest BCUT2D eigenvalue weighted by atomic mass is 32.3. The zero-order valence-electron chi connectivity index (χ0n) is 10.5. The molecule has 0 amide bonds. The maximum atomic E-state index is 11.7. The van der Waals surface area contributed by atoms with Crippen LogP contribution in [0.4, 0.5) is 0 Å². The zero-order chi connectivity index (χ0) is 14.1. The fourth-order valence-corrected chi connectivity index (χ4v) is 6.60. The van der Waals surface area contributed by atoms with Crippen LogP contribution >= 0.6 is 0 Å². The van der Waals surface area contributed by atoms with Gasteiger partial charge in [-0.15, -0.1) is 26.3 Å². The summed E-state index contributed by atoms with van der Waals surface area (Å²) in [4.78, 5) is 0. The van der Waals surface area contributed by atoms with Crippen LogP contribution in [0.5, 0.6) is 0 Å². The number of hydrogen-bond donors (Lipinski definition) is 0. The van der Waals surface area contributed by atoms with Crippen molar-refractivity contribution in [3.8, 4) is 0 Å². The van der Waals surface area contributed by atoms with E-state index in [0.29, 0.717) is 18.1 Å². The molecule has 0 atom stereocenters. The van der Waals surface area contributed by atoms with Gasteiger partial charge in [-0.1, -0.05) is 24.3 Å². The van der Waals surface area contributed by atoms with Crippen LogP contribution in [0.1, 0.15) is 0 Å². The SMILES string of the molecule is C=CCOS(=O)(=O)O[Si](CC=C)(CC=C)CC=C. The van der Waals surface area contributed by atoms with Crippen LogP contribution in [0.3, 0.4) is 0 Å². The predicted octanol–water partition coefficient (Wildman–Crippen LogP) is 2.95. The average molecular weight is 288 g/mol. The molecule has 0 aliphatic rings. The topological polar surface area (TPSA) is 52.6 Å². The Balaban J connectivity index is 5.05. The van der Waals surface area contributed by atoms with Gasteiger partial charge >= 0.3 is 10.4 Å². The van der Waals surface area contributed by atoms with Gasteiger partial charge in [0.2, 0.25) is 8.32 Å². The lowest BCUT2D eigenvalue weighted by molar-refractivity contribution is 0.298. The van der Waals surface area contributed by atoms with Crippen molar-refractivity contribution in [2.45, 2.75) is 18.1 Å². The summed E-state index contributed by atoms with van der Waals surface area (Å²) in [5.74, 6) is 0. The summed E-state index contributed by atoms with van der Waals surface area (Å²) in [5.41, 5.74) is 0. The highest BCUT2D eigenvalue weighted by Crippen LogP contribution is 2.26. The highest BCUT2D eigenvalue weighted by molar-refractivity contribution is 7.83. The Morgan fingerprint density at radius 3 is 1.67 bits per heavy atom. The van der Waals surface area contributed by atoms with Crippen LogP contribution in [-0.2, 0) is 18.5 Å². The molecule has 0 aliphatic heterocycles. The van der Waals surface area contributed by atoms with Gasteiger partial charge in [-0.3, -0.25) is 3.87 Å². The fraction of sp³-hybridized carbons (Fsp3) is 0.333. The first-order chi connectivity index (χ1) is 8.45. The Bertz CT molecular complexity index is 374. The Morgan fingerprint density at radius 2 is 1.33 bits per heavy atom. The van der Waals surface area contributed by atoms with E-state index in [4.69, 9.17) is 3.87 Å². The Morgan fingerprint density at radius 1 is 0.889 bits per heavy atom. The number of allylic oxidation sites excluding steroid dienone is 3. The van der Waals surface area contributed by atoms with Gasteiger partial charge in [-0.2, -0.15) is 8.42 Å². The second-order valence-electron chi connectivity index (χ2n) is 3.73. The van der Waals surface area contributed by atoms with E-state index < -0.39 is 18.7 Å². The highest BCUT2D eigenvalue weighted by Gasteiger charge is 2.37. The standard InChI is InChI=1S/C12H20O4SSi/c1-5-9-15-17(13,14)16-18(10-6-2,11-7-3)12-8-4/h5-8H,1-4,9-12H2. The third-order valence-electron chi connectivity index (χ3n) is 2.16. The number of rotatable bonds is 11. The molecule has 102 valence electrons. The summed E-state index contributed by atoms with van der Waals surface area (Å²) in [6.45, 7) is 14.2. The molecule has 18 heavy (non-hydrogen) atoms. The summed E-state index contributed by atoms with van der Waals surface area (Å²) in [5, 5.41) is 0. The Kier molecular flexibility index (Phi) is 7.77. The molecule has 0 N–H and O–H groups in total. The minimum absolute atomic E-state index is 0.108. The summed E-state index contributed by atoms with van der Waals surface area (Å²) >= 11 is 0. The monoisotopic (exact) mass is 288 g/mol. The molecule has 0 rings (SSSR count). The molecule has 0 aromatic carbocycles. The molecule has 0 aliphatic carbocycles. The van der Waals surface area contributed by atoms with E-state index in [9.17, 15) is 8.42 Å². The van der Waals surface area contributed by atoms with Crippen molar-refractivity contribution < 1.29 is 16.5 Å². The molecule has 0 saturated carbocycles. The molecule has 0 unspecified atom stereocenters. The molecule has 0 spiro atoms. The van der Waals surface area contributed by atoms with Crippen molar-refractivity contribution >= 4 is 18.7 Å². The maximum absolute atomic E-state index is 11.7. The third kappa shape index (κ3) is 6.11. The molecule has 0 heterocycles. The number of hydrogen-bond acceptors (Lipinski definition) is 4.